The molecule has 0 saturated heterocycles. The van der Waals surface area contributed by atoms with Gasteiger partial charge in [0.1, 0.15) is 18.1 Å². The molecule has 0 saturated carbocycles. The molecule has 4 rings (SSSR count). The van der Waals surface area contributed by atoms with E-state index in [-0.39, 0.29) is 12.4 Å². The summed E-state index contributed by atoms with van der Waals surface area (Å²) >= 11 is 18.3. The van der Waals surface area contributed by atoms with Crippen LogP contribution in [-0.2, 0) is 13.2 Å². The molecular formula is C23H18Cl3N3O3. The largest absolute Gasteiger partial charge is 0.484 e. The maximum atomic E-state index is 12.6. The number of anilines is 1. The second-order valence-corrected chi connectivity index (χ2v) is 8.25. The average molecular weight is 491 g/mol. The lowest BCUT2D eigenvalue weighted by Gasteiger charge is -2.07. The van der Waals surface area contributed by atoms with Gasteiger partial charge < -0.3 is 14.5 Å². The Hall–Kier alpha value is -2.93. The Morgan fingerprint density at radius 2 is 1.88 bits per heavy atom. The number of furan rings is 1. The Balaban J connectivity index is 1.39. The van der Waals surface area contributed by atoms with Gasteiger partial charge in [0.05, 0.1) is 11.6 Å². The zero-order valence-electron chi connectivity index (χ0n) is 16.9. The number of ether oxygens (including phenoxy) is 1. The third-order valence-electron chi connectivity index (χ3n) is 4.65. The quantitative estimate of drug-likeness (QED) is 0.316. The predicted molar refractivity (Wildman–Crippen MR) is 125 cm³/mol. The van der Waals surface area contributed by atoms with Gasteiger partial charge in [0, 0.05) is 21.8 Å². The lowest BCUT2D eigenvalue weighted by Crippen LogP contribution is -2.12. The summed E-state index contributed by atoms with van der Waals surface area (Å²) in [6.45, 7) is 2.48. The van der Waals surface area contributed by atoms with Gasteiger partial charge >= 0.3 is 0 Å². The van der Waals surface area contributed by atoms with Gasteiger partial charge in [-0.3, -0.25) is 9.48 Å². The van der Waals surface area contributed by atoms with E-state index in [1.165, 1.54) is 0 Å². The zero-order valence-corrected chi connectivity index (χ0v) is 19.2. The Bertz CT molecular complexity index is 1270. The molecule has 1 amide bonds. The molecule has 2 heterocycles. The molecule has 0 aliphatic rings. The van der Waals surface area contributed by atoms with Crippen LogP contribution in [-0.4, -0.2) is 15.7 Å². The van der Waals surface area contributed by atoms with Crippen LogP contribution in [0.3, 0.4) is 0 Å². The minimum absolute atomic E-state index is 0.145. The predicted octanol–water partition coefficient (Wildman–Crippen LogP) is 6.62. The smallest absolute Gasteiger partial charge is 0.292 e. The van der Waals surface area contributed by atoms with Gasteiger partial charge in [0.25, 0.3) is 5.91 Å². The number of carbonyl (C=O) groups is 1. The van der Waals surface area contributed by atoms with Crippen molar-refractivity contribution in [3.8, 4) is 5.75 Å². The fourth-order valence-corrected chi connectivity index (χ4v) is 3.67. The summed E-state index contributed by atoms with van der Waals surface area (Å²) < 4.78 is 13.0. The van der Waals surface area contributed by atoms with Gasteiger partial charge in [0.15, 0.2) is 11.6 Å². The van der Waals surface area contributed by atoms with Crippen LogP contribution in [0.4, 0.5) is 5.82 Å². The van der Waals surface area contributed by atoms with E-state index in [0.29, 0.717) is 38.9 Å². The molecule has 0 unspecified atom stereocenters. The van der Waals surface area contributed by atoms with Crippen LogP contribution in [0.5, 0.6) is 5.75 Å². The number of para-hydroxylation sites is 1. The standard InChI is InChI=1S/C23H18Cl3N3O3/c1-14-10-22(28-29(14)12-15-6-7-16(24)11-19(15)26)27-23(30)21-9-8-17(32-21)13-31-20-5-3-2-4-18(20)25/h2-11H,12-13H2,1H3,(H,27,28,30). The third-order valence-corrected chi connectivity index (χ3v) is 5.55. The summed E-state index contributed by atoms with van der Waals surface area (Å²) in [5.74, 6) is 1.18. The van der Waals surface area contributed by atoms with Gasteiger partial charge in [-0.05, 0) is 48.9 Å². The van der Waals surface area contributed by atoms with E-state index in [1.807, 2.05) is 25.1 Å². The van der Waals surface area contributed by atoms with E-state index < -0.39 is 5.91 Å². The second-order valence-electron chi connectivity index (χ2n) is 7.00. The molecule has 164 valence electrons. The molecule has 0 radical (unpaired) electrons. The van der Waals surface area contributed by atoms with Crippen molar-refractivity contribution in [2.24, 2.45) is 0 Å². The van der Waals surface area contributed by atoms with E-state index in [0.717, 1.165) is 11.3 Å². The van der Waals surface area contributed by atoms with Gasteiger partial charge in [0.2, 0.25) is 0 Å². The fourth-order valence-electron chi connectivity index (χ4n) is 3.01. The summed E-state index contributed by atoms with van der Waals surface area (Å²) in [4.78, 5) is 12.6. The van der Waals surface area contributed by atoms with Crippen LogP contribution >= 0.6 is 34.8 Å². The summed E-state index contributed by atoms with van der Waals surface area (Å²) in [5, 5.41) is 8.81. The van der Waals surface area contributed by atoms with Crippen molar-refractivity contribution >= 4 is 46.5 Å². The van der Waals surface area contributed by atoms with Crippen molar-refractivity contribution < 1.29 is 13.9 Å². The van der Waals surface area contributed by atoms with Crippen molar-refractivity contribution in [1.29, 1.82) is 0 Å². The molecule has 6 nitrogen and oxygen atoms in total. The van der Waals surface area contributed by atoms with Crippen LogP contribution in [0.1, 0.15) is 27.6 Å². The summed E-state index contributed by atoms with van der Waals surface area (Å²) in [7, 11) is 0. The maximum Gasteiger partial charge on any atom is 0.292 e. The molecule has 1 N–H and O–H groups in total. The first-order chi connectivity index (χ1) is 15.4. The number of nitrogens with one attached hydrogen (secondary N) is 1. The molecule has 0 spiro atoms. The summed E-state index contributed by atoms with van der Waals surface area (Å²) in [5.41, 5.74) is 1.73. The first kappa shape index (κ1) is 22.3. The maximum absolute atomic E-state index is 12.6. The van der Waals surface area contributed by atoms with Crippen molar-refractivity contribution in [3.63, 3.8) is 0 Å². The molecule has 0 bridgehead atoms. The van der Waals surface area contributed by atoms with E-state index in [2.05, 4.69) is 10.4 Å². The molecule has 0 atom stereocenters. The minimum Gasteiger partial charge on any atom is -0.484 e. The highest BCUT2D eigenvalue weighted by molar-refractivity contribution is 6.35. The van der Waals surface area contributed by atoms with Crippen LogP contribution in [0, 0.1) is 6.92 Å². The van der Waals surface area contributed by atoms with Gasteiger partial charge in [-0.25, -0.2) is 0 Å². The number of nitrogens with zero attached hydrogens (tertiary/aromatic N) is 2. The number of aryl methyl sites for hydroxylation is 1. The highest BCUT2D eigenvalue weighted by Gasteiger charge is 2.15. The Morgan fingerprint density at radius 3 is 2.66 bits per heavy atom. The second kappa shape index (κ2) is 9.69. The van der Waals surface area contributed by atoms with Crippen molar-refractivity contribution in [2.45, 2.75) is 20.1 Å². The first-order valence-electron chi connectivity index (χ1n) is 9.65. The lowest BCUT2D eigenvalue weighted by molar-refractivity contribution is 0.0992. The molecule has 0 fully saturated rings. The Morgan fingerprint density at radius 1 is 1.06 bits per heavy atom. The molecule has 2 aromatic carbocycles. The fraction of sp³-hybridized carbons (Fsp3) is 0.130. The topological polar surface area (TPSA) is 69.3 Å². The van der Waals surface area contributed by atoms with E-state index in [1.54, 1.807) is 47.1 Å². The highest BCUT2D eigenvalue weighted by atomic mass is 35.5. The van der Waals surface area contributed by atoms with E-state index in [9.17, 15) is 4.79 Å². The van der Waals surface area contributed by atoms with Gasteiger partial charge in [-0.1, -0.05) is 53.0 Å². The van der Waals surface area contributed by atoms with Crippen molar-refractivity contribution in [1.82, 2.24) is 9.78 Å². The Labute approximate surface area is 199 Å². The normalized spacial score (nSPS) is 10.9. The van der Waals surface area contributed by atoms with E-state index in [4.69, 9.17) is 44.0 Å². The molecule has 0 aliphatic carbocycles. The molecule has 4 aromatic rings. The molecule has 0 aliphatic heterocycles. The molecule has 32 heavy (non-hydrogen) atoms. The van der Waals surface area contributed by atoms with E-state index >= 15 is 0 Å². The average Bonchev–Trinajstić information content (AvgIpc) is 3.36. The first-order valence-corrected chi connectivity index (χ1v) is 10.8. The van der Waals surface area contributed by atoms with Crippen LogP contribution < -0.4 is 10.1 Å². The lowest BCUT2D eigenvalue weighted by atomic mass is 10.2. The SMILES string of the molecule is Cc1cc(NC(=O)c2ccc(COc3ccccc3Cl)o2)nn1Cc1ccc(Cl)cc1Cl. The van der Waals surface area contributed by atoms with Gasteiger partial charge in [-0.2, -0.15) is 5.10 Å². The van der Waals surface area contributed by atoms with Gasteiger partial charge in [-0.15, -0.1) is 0 Å². The monoisotopic (exact) mass is 489 g/mol. The number of rotatable bonds is 7. The highest BCUT2D eigenvalue weighted by Crippen LogP contribution is 2.25. The van der Waals surface area contributed by atoms with Crippen molar-refractivity contribution in [2.75, 3.05) is 5.32 Å². The molecule has 9 heteroatoms. The number of hydrogen-bond acceptors (Lipinski definition) is 4. The summed E-state index contributed by atoms with van der Waals surface area (Å²) in [6, 6.07) is 17.5. The third kappa shape index (κ3) is 5.27. The van der Waals surface area contributed by atoms with Crippen LogP contribution in [0.25, 0.3) is 0 Å². The number of benzene rings is 2. The Kier molecular flexibility index (Phi) is 6.74. The van der Waals surface area contributed by atoms with Crippen molar-refractivity contribution in [3.05, 3.63) is 98.5 Å². The number of carbonyl (C=O) groups excluding carboxylic acids is 1. The number of aromatic nitrogens is 2. The molecule has 2 aromatic heterocycles. The minimum atomic E-state index is -0.414. The number of amides is 1. The number of hydrogen-bond donors (Lipinski definition) is 1. The number of halogens is 3. The molecular weight excluding hydrogens is 473 g/mol. The van der Waals surface area contributed by atoms with Crippen LogP contribution in [0.15, 0.2) is 65.1 Å². The summed E-state index contributed by atoms with van der Waals surface area (Å²) in [6.07, 6.45) is 0. The zero-order chi connectivity index (χ0) is 22.7. The van der Waals surface area contributed by atoms with Crippen LogP contribution in [0.2, 0.25) is 15.1 Å².